The highest BCUT2D eigenvalue weighted by Gasteiger charge is 2.23. The van der Waals surface area contributed by atoms with Gasteiger partial charge in [0.15, 0.2) is 6.61 Å². The molecule has 0 aliphatic carbocycles. The summed E-state index contributed by atoms with van der Waals surface area (Å²) in [4.78, 5) is 39.6. The highest BCUT2D eigenvalue weighted by atomic mass is 35.5. The second-order valence-corrected chi connectivity index (χ2v) is 8.87. The molecule has 0 saturated carbocycles. The lowest BCUT2D eigenvalue weighted by Gasteiger charge is -2.21. The van der Waals surface area contributed by atoms with Gasteiger partial charge in [-0.3, -0.25) is 14.4 Å². The van der Waals surface area contributed by atoms with Gasteiger partial charge in [-0.05, 0) is 62.9 Å². The lowest BCUT2D eigenvalue weighted by Crippen LogP contribution is -2.44. The van der Waals surface area contributed by atoms with E-state index in [9.17, 15) is 14.4 Å². The van der Waals surface area contributed by atoms with Crippen molar-refractivity contribution in [3.8, 4) is 5.75 Å². The molecule has 0 radical (unpaired) electrons. The predicted octanol–water partition coefficient (Wildman–Crippen LogP) is 4.68. The number of halogens is 1. The molecule has 2 aromatic carbocycles. The molecule has 2 rings (SSSR count). The fraction of sp³-hybridized carbons (Fsp3) is 0.423. The van der Waals surface area contributed by atoms with Crippen LogP contribution in [0.4, 0.5) is 5.69 Å². The summed E-state index contributed by atoms with van der Waals surface area (Å²) >= 11 is 6.32. The van der Waals surface area contributed by atoms with E-state index in [1.807, 2.05) is 46.8 Å². The van der Waals surface area contributed by atoms with Crippen LogP contribution in [0.2, 0.25) is 5.02 Å². The number of hydrogen-bond donors (Lipinski definition) is 2. The number of amides is 3. The van der Waals surface area contributed by atoms with Gasteiger partial charge >= 0.3 is 0 Å². The van der Waals surface area contributed by atoms with Crippen molar-refractivity contribution in [1.82, 2.24) is 10.2 Å². The summed E-state index contributed by atoms with van der Waals surface area (Å²) in [5.41, 5.74) is 1.84. The quantitative estimate of drug-likeness (QED) is 0.481. The van der Waals surface area contributed by atoms with E-state index in [4.69, 9.17) is 16.3 Å². The first kappa shape index (κ1) is 27.2. The van der Waals surface area contributed by atoms with Crippen molar-refractivity contribution in [2.24, 2.45) is 5.92 Å². The molecule has 3 amide bonds. The van der Waals surface area contributed by atoms with Crippen LogP contribution in [0.5, 0.6) is 5.75 Å². The lowest BCUT2D eigenvalue weighted by atomic mass is 10.0. The van der Waals surface area contributed by atoms with Gasteiger partial charge in [-0.1, -0.05) is 43.6 Å². The molecule has 0 bridgehead atoms. The van der Waals surface area contributed by atoms with Gasteiger partial charge in [0.2, 0.25) is 5.91 Å². The predicted molar refractivity (Wildman–Crippen MR) is 135 cm³/mol. The van der Waals surface area contributed by atoms with E-state index in [2.05, 4.69) is 10.6 Å². The summed E-state index contributed by atoms with van der Waals surface area (Å²) < 4.78 is 5.56. The molecular formula is C26H34ClN3O4. The number of aryl methyl sites for hydroxylation is 1. The SMILES string of the molecule is CCN(CC)C(=O)COc1ccc(NC(=O)C(CC(C)C)NC(=O)c2ccccc2C)cc1Cl. The number of benzene rings is 2. The van der Waals surface area contributed by atoms with Gasteiger partial charge in [-0.15, -0.1) is 0 Å². The molecule has 1 atom stereocenters. The molecule has 0 aromatic heterocycles. The summed E-state index contributed by atoms with van der Waals surface area (Å²) in [6, 6.07) is 11.3. The number of hydrogen-bond acceptors (Lipinski definition) is 4. The first-order chi connectivity index (χ1) is 16.2. The van der Waals surface area contributed by atoms with Crippen LogP contribution >= 0.6 is 11.6 Å². The average Bonchev–Trinajstić information content (AvgIpc) is 2.78. The van der Waals surface area contributed by atoms with E-state index in [0.717, 1.165) is 5.56 Å². The molecule has 7 nitrogen and oxygen atoms in total. The summed E-state index contributed by atoms with van der Waals surface area (Å²) in [6.45, 7) is 10.7. The zero-order valence-corrected chi connectivity index (χ0v) is 21.2. The van der Waals surface area contributed by atoms with Crippen molar-refractivity contribution in [3.63, 3.8) is 0 Å². The van der Waals surface area contributed by atoms with Gasteiger partial charge < -0.3 is 20.3 Å². The molecular weight excluding hydrogens is 454 g/mol. The van der Waals surface area contributed by atoms with Crippen molar-refractivity contribution >= 4 is 35.0 Å². The Morgan fingerprint density at radius 2 is 1.74 bits per heavy atom. The molecule has 34 heavy (non-hydrogen) atoms. The molecule has 0 spiro atoms. The third kappa shape index (κ3) is 7.76. The number of carbonyl (C=O) groups excluding carboxylic acids is 3. The summed E-state index contributed by atoms with van der Waals surface area (Å²) in [5.74, 6) is -0.211. The fourth-order valence-corrected chi connectivity index (χ4v) is 3.73. The minimum atomic E-state index is -0.714. The molecule has 8 heteroatoms. The van der Waals surface area contributed by atoms with Gasteiger partial charge in [-0.2, -0.15) is 0 Å². The standard InChI is InChI=1S/C26H34ClN3O4/c1-6-30(7-2)24(31)16-34-23-13-12-19(15-21(23)27)28-26(33)22(14-17(3)4)29-25(32)20-11-9-8-10-18(20)5/h8-13,15,17,22H,6-7,14,16H2,1-5H3,(H,28,33)(H,29,32). The summed E-state index contributed by atoms with van der Waals surface area (Å²) in [6.07, 6.45) is 0.478. The van der Waals surface area contributed by atoms with E-state index in [1.54, 1.807) is 35.2 Å². The minimum Gasteiger partial charge on any atom is -0.482 e. The monoisotopic (exact) mass is 487 g/mol. The van der Waals surface area contributed by atoms with Crippen LogP contribution in [0, 0.1) is 12.8 Å². The molecule has 0 heterocycles. The van der Waals surface area contributed by atoms with E-state index < -0.39 is 6.04 Å². The lowest BCUT2D eigenvalue weighted by molar-refractivity contribution is -0.133. The van der Waals surface area contributed by atoms with Crippen LogP contribution < -0.4 is 15.4 Å². The highest BCUT2D eigenvalue weighted by molar-refractivity contribution is 6.32. The number of carbonyl (C=O) groups is 3. The Hall–Kier alpha value is -3.06. The second-order valence-electron chi connectivity index (χ2n) is 8.46. The average molecular weight is 488 g/mol. The van der Waals surface area contributed by atoms with E-state index in [0.29, 0.717) is 36.5 Å². The molecule has 0 fully saturated rings. The number of nitrogens with zero attached hydrogens (tertiary/aromatic N) is 1. The normalized spacial score (nSPS) is 11.6. The van der Waals surface area contributed by atoms with Gasteiger partial charge in [0, 0.05) is 24.3 Å². The van der Waals surface area contributed by atoms with Crippen molar-refractivity contribution in [3.05, 3.63) is 58.6 Å². The first-order valence-corrected chi connectivity index (χ1v) is 11.9. The number of anilines is 1. The first-order valence-electron chi connectivity index (χ1n) is 11.5. The van der Waals surface area contributed by atoms with Crippen LogP contribution in [0.3, 0.4) is 0 Å². The van der Waals surface area contributed by atoms with E-state index in [-0.39, 0.29) is 35.3 Å². The Morgan fingerprint density at radius 1 is 1.06 bits per heavy atom. The van der Waals surface area contributed by atoms with Crippen LogP contribution in [-0.4, -0.2) is 48.4 Å². The third-order valence-electron chi connectivity index (χ3n) is 5.39. The smallest absolute Gasteiger partial charge is 0.260 e. The van der Waals surface area contributed by atoms with Crippen LogP contribution in [0.15, 0.2) is 42.5 Å². The maximum atomic E-state index is 13.0. The van der Waals surface area contributed by atoms with E-state index in [1.165, 1.54) is 0 Å². The van der Waals surface area contributed by atoms with Gasteiger partial charge in [0.25, 0.3) is 11.8 Å². The zero-order chi connectivity index (χ0) is 25.3. The second kappa shape index (κ2) is 13.0. The van der Waals surface area contributed by atoms with Crippen LogP contribution in [0.25, 0.3) is 0 Å². The largest absolute Gasteiger partial charge is 0.482 e. The van der Waals surface area contributed by atoms with E-state index >= 15 is 0 Å². The Labute approximate surface area is 206 Å². The van der Waals surface area contributed by atoms with Crippen LogP contribution in [0.1, 0.15) is 50.0 Å². The minimum absolute atomic E-state index is 0.117. The molecule has 1 unspecified atom stereocenters. The Kier molecular flexibility index (Phi) is 10.4. The van der Waals surface area contributed by atoms with Gasteiger partial charge in [0.05, 0.1) is 5.02 Å². The Morgan fingerprint density at radius 3 is 2.32 bits per heavy atom. The number of nitrogens with one attached hydrogen (secondary N) is 2. The molecule has 184 valence electrons. The highest BCUT2D eigenvalue weighted by Crippen LogP contribution is 2.28. The van der Waals surface area contributed by atoms with Crippen LogP contribution in [-0.2, 0) is 9.59 Å². The van der Waals surface area contributed by atoms with Crippen molar-refractivity contribution < 1.29 is 19.1 Å². The Balaban J connectivity index is 2.07. The van der Waals surface area contributed by atoms with Gasteiger partial charge in [0.1, 0.15) is 11.8 Å². The molecule has 2 aromatic rings. The number of likely N-dealkylation sites (N-methyl/N-ethyl adjacent to an activating group) is 1. The maximum Gasteiger partial charge on any atom is 0.260 e. The summed E-state index contributed by atoms with van der Waals surface area (Å²) in [5, 5.41) is 5.95. The molecule has 0 saturated heterocycles. The fourth-order valence-electron chi connectivity index (χ4n) is 3.50. The van der Waals surface area contributed by atoms with Gasteiger partial charge in [-0.25, -0.2) is 0 Å². The summed E-state index contributed by atoms with van der Waals surface area (Å²) in [7, 11) is 0. The third-order valence-corrected chi connectivity index (χ3v) is 5.68. The Bertz CT molecular complexity index is 1010. The van der Waals surface area contributed by atoms with Crippen molar-refractivity contribution in [2.75, 3.05) is 25.0 Å². The maximum absolute atomic E-state index is 13.0. The topological polar surface area (TPSA) is 87.7 Å². The molecule has 0 aliphatic rings. The zero-order valence-electron chi connectivity index (χ0n) is 20.5. The van der Waals surface area contributed by atoms with Crippen molar-refractivity contribution in [1.29, 1.82) is 0 Å². The molecule has 0 aliphatic heterocycles. The molecule has 2 N–H and O–H groups in total. The number of ether oxygens (including phenoxy) is 1. The van der Waals surface area contributed by atoms with Crippen molar-refractivity contribution in [2.45, 2.75) is 47.1 Å². The number of rotatable bonds is 11.